The first-order chi connectivity index (χ1) is 5.41. The molecular formula is CHF3O7S2. The van der Waals surface area contributed by atoms with Gasteiger partial charge in [-0.15, -0.1) is 21.0 Å². The van der Waals surface area contributed by atoms with E-state index in [2.05, 4.69) is 7.81 Å². The lowest BCUT2D eigenvalue weighted by Gasteiger charge is -2.04. The van der Waals surface area contributed by atoms with E-state index < -0.39 is 27.2 Å². The molecule has 0 saturated heterocycles. The van der Waals surface area contributed by atoms with Gasteiger partial charge < -0.3 is 0 Å². The van der Waals surface area contributed by atoms with Crippen LogP contribution in [-0.2, 0) is 28.6 Å². The summed E-state index contributed by atoms with van der Waals surface area (Å²) in [5.74, 6) is 0. The van der Waals surface area contributed by atoms with Crippen LogP contribution in [0.4, 0.5) is 13.2 Å². The number of hydrogen-bond donors (Lipinski definition) is 1. The first kappa shape index (κ1) is 12.6. The molecule has 0 aromatic heterocycles. The van der Waals surface area contributed by atoms with Gasteiger partial charge >= 0.3 is 27.2 Å². The smallest absolute Gasteiger partial charge is 0.263 e. The minimum atomic E-state index is -5.86. The van der Waals surface area contributed by atoms with Crippen LogP contribution in [0.1, 0.15) is 0 Å². The summed E-state index contributed by atoms with van der Waals surface area (Å²) in [5, 5.41) is 0. The molecule has 0 atom stereocenters. The lowest BCUT2D eigenvalue weighted by molar-refractivity contribution is -0.274. The Bertz CT molecular complexity index is 359. The Kier molecular flexibility index (Phi) is 3.26. The molecule has 80 valence electrons. The average molecular weight is 246 g/mol. The monoisotopic (exact) mass is 246 g/mol. The van der Waals surface area contributed by atoms with Gasteiger partial charge in [-0.05, 0) is 0 Å². The van der Waals surface area contributed by atoms with Crippen LogP contribution in [0.5, 0.6) is 0 Å². The van der Waals surface area contributed by atoms with Crippen LogP contribution in [0.2, 0.25) is 0 Å². The van der Waals surface area contributed by atoms with E-state index in [1.165, 1.54) is 0 Å². The minimum Gasteiger partial charge on any atom is -0.263 e. The highest BCUT2D eigenvalue weighted by Crippen LogP contribution is 2.20. The van der Waals surface area contributed by atoms with Crippen LogP contribution in [0.25, 0.3) is 0 Å². The molecule has 0 aromatic rings. The quantitative estimate of drug-likeness (QED) is 0.674. The van der Waals surface area contributed by atoms with Crippen molar-refractivity contribution < 1.29 is 42.4 Å². The standard InChI is InChI=1S/CHF3O7S2/c2-1(3,4)10-13(8,9)11-12(5,6)7/h(H,5,6,7). The van der Waals surface area contributed by atoms with E-state index in [4.69, 9.17) is 4.55 Å². The predicted octanol–water partition coefficient (Wildman–Crippen LogP) is -0.413. The summed E-state index contributed by atoms with van der Waals surface area (Å²) >= 11 is 0. The predicted molar refractivity (Wildman–Crippen MR) is 28.7 cm³/mol. The number of halogens is 3. The summed E-state index contributed by atoms with van der Waals surface area (Å²) in [6.45, 7) is 0. The summed E-state index contributed by atoms with van der Waals surface area (Å²) in [6.07, 6.45) is -5.64. The molecule has 0 aliphatic heterocycles. The molecule has 7 nitrogen and oxygen atoms in total. The molecule has 0 heterocycles. The number of rotatable bonds is 3. The van der Waals surface area contributed by atoms with Crippen LogP contribution in [0, 0.1) is 0 Å². The van der Waals surface area contributed by atoms with E-state index in [1.54, 1.807) is 0 Å². The lowest BCUT2D eigenvalue weighted by Crippen LogP contribution is -2.23. The van der Waals surface area contributed by atoms with Gasteiger partial charge in [0, 0.05) is 0 Å². The van der Waals surface area contributed by atoms with E-state index in [-0.39, 0.29) is 0 Å². The number of hydrogen-bond acceptors (Lipinski definition) is 6. The van der Waals surface area contributed by atoms with Crippen molar-refractivity contribution >= 4 is 20.8 Å². The maximum absolute atomic E-state index is 11.2. The van der Waals surface area contributed by atoms with Crippen molar-refractivity contribution in [1.82, 2.24) is 0 Å². The van der Waals surface area contributed by atoms with Gasteiger partial charge in [-0.2, -0.15) is 16.8 Å². The second-order valence-electron chi connectivity index (χ2n) is 1.43. The molecule has 0 amide bonds. The second-order valence-corrected chi connectivity index (χ2v) is 3.82. The second kappa shape index (κ2) is 3.38. The van der Waals surface area contributed by atoms with Crippen molar-refractivity contribution in [2.24, 2.45) is 0 Å². The maximum atomic E-state index is 11.2. The molecule has 0 radical (unpaired) electrons. The molecule has 0 aliphatic carbocycles. The largest absolute Gasteiger partial charge is 0.538 e. The third kappa shape index (κ3) is 7.92. The van der Waals surface area contributed by atoms with Crippen molar-refractivity contribution in [2.75, 3.05) is 0 Å². The van der Waals surface area contributed by atoms with Crippen molar-refractivity contribution in [1.29, 1.82) is 0 Å². The fourth-order valence-corrected chi connectivity index (χ4v) is 1.42. The van der Waals surface area contributed by atoms with Crippen LogP contribution in [-0.4, -0.2) is 27.8 Å². The van der Waals surface area contributed by atoms with E-state index in [1.807, 2.05) is 0 Å². The molecule has 0 aromatic carbocycles. The Morgan fingerprint density at radius 1 is 1.08 bits per heavy atom. The summed E-state index contributed by atoms with van der Waals surface area (Å²) in [7, 11) is -11.4. The molecule has 0 bridgehead atoms. The Balaban J connectivity index is 4.65. The van der Waals surface area contributed by atoms with Gasteiger partial charge in [0.25, 0.3) is 0 Å². The summed E-state index contributed by atoms with van der Waals surface area (Å²) in [6, 6.07) is 0. The molecule has 0 aliphatic rings. The van der Waals surface area contributed by atoms with Gasteiger partial charge in [0.1, 0.15) is 0 Å². The molecule has 0 spiro atoms. The van der Waals surface area contributed by atoms with Gasteiger partial charge in [0.2, 0.25) is 0 Å². The lowest BCUT2D eigenvalue weighted by atomic mass is 11.4. The maximum Gasteiger partial charge on any atom is 0.538 e. The van der Waals surface area contributed by atoms with Crippen molar-refractivity contribution in [3.8, 4) is 0 Å². The fraction of sp³-hybridized carbons (Fsp3) is 1.00. The Morgan fingerprint density at radius 3 is 1.69 bits per heavy atom. The summed E-state index contributed by atoms with van der Waals surface area (Å²) in [5.41, 5.74) is 0. The van der Waals surface area contributed by atoms with Crippen molar-refractivity contribution in [3.05, 3.63) is 0 Å². The summed E-state index contributed by atoms with van der Waals surface area (Å²) in [4.78, 5) is 0. The van der Waals surface area contributed by atoms with Gasteiger partial charge in [-0.25, -0.2) is 0 Å². The van der Waals surface area contributed by atoms with E-state index in [0.29, 0.717) is 0 Å². The van der Waals surface area contributed by atoms with Gasteiger partial charge in [-0.1, -0.05) is 0 Å². The first-order valence-electron chi connectivity index (χ1n) is 2.12. The molecule has 12 heteroatoms. The topological polar surface area (TPSA) is 107 Å². The molecule has 0 rings (SSSR count). The molecule has 13 heavy (non-hydrogen) atoms. The van der Waals surface area contributed by atoms with E-state index in [9.17, 15) is 30.0 Å². The zero-order valence-corrected chi connectivity index (χ0v) is 6.98. The Hall–Kier alpha value is -0.430. The minimum absolute atomic E-state index is 2.21. The highest BCUT2D eigenvalue weighted by Gasteiger charge is 2.39. The van der Waals surface area contributed by atoms with Gasteiger partial charge in [0.05, 0.1) is 0 Å². The highest BCUT2D eigenvalue weighted by atomic mass is 32.3. The fourth-order valence-electron chi connectivity index (χ4n) is 0.235. The van der Waals surface area contributed by atoms with Crippen molar-refractivity contribution in [2.45, 2.75) is 6.36 Å². The summed E-state index contributed by atoms with van der Waals surface area (Å²) < 4.78 is 85.1. The highest BCUT2D eigenvalue weighted by molar-refractivity contribution is 7.94. The van der Waals surface area contributed by atoms with Crippen LogP contribution in [0.15, 0.2) is 0 Å². The third-order valence-electron chi connectivity index (χ3n) is 0.366. The number of alkyl halides is 3. The third-order valence-corrected chi connectivity index (χ3v) is 2.11. The molecule has 0 unspecified atom stereocenters. The zero-order chi connectivity index (χ0) is 10.9. The van der Waals surface area contributed by atoms with Gasteiger partial charge in [0.15, 0.2) is 0 Å². The van der Waals surface area contributed by atoms with Crippen LogP contribution >= 0.6 is 0 Å². The molecule has 0 fully saturated rings. The van der Waals surface area contributed by atoms with Crippen molar-refractivity contribution in [3.63, 3.8) is 0 Å². The normalized spacial score (nSPS) is 14.5. The average Bonchev–Trinajstić information content (AvgIpc) is 1.43. The SMILES string of the molecule is O=S(=O)(O)OS(=O)(=O)OC(F)(F)F. The Morgan fingerprint density at radius 2 is 1.46 bits per heavy atom. The molecule has 0 saturated carbocycles. The molecular weight excluding hydrogens is 245 g/mol. The van der Waals surface area contributed by atoms with Gasteiger partial charge in [-0.3, -0.25) is 4.55 Å². The van der Waals surface area contributed by atoms with Crippen LogP contribution in [0.3, 0.4) is 0 Å². The first-order valence-corrected chi connectivity index (χ1v) is 4.82. The molecule has 1 N–H and O–H groups in total. The Labute approximate surface area is 70.3 Å². The van der Waals surface area contributed by atoms with E-state index >= 15 is 0 Å². The van der Waals surface area contributed by atoms with Crippen LogP contribution < -0.4 is 0 Å². The zero-order valence-electron chi connectivity index (χ0n) is 5.35. The van der Waals surface area contributed by atoms with E-state index in [0.717, 1.165) is 0 Å².